The zero-order valence-corrected chi connectivity index (χ0v) is 12.5. The van der Waals surface area contributed by atoms with Crippen LogP contribution >= 0.6 is 0 Å². The van der Waals surface area contributed by atoms with Crippen LogP contribution in [-0.2, 0) is 10.2 Å². The average molecular weight is 304 g/mol. The van der Waals surface area contributed by atoms with Crippen LogP contribution < -0.4 is 9.47 Å². The fourth-order valence-corrected chi connectivity index (χ4v) is 3.50. The Morgan fingerprint density at radius 2 is 1.73 bits per heavy atom. The molecule has 0 spiro atoms. The molecule has 1 heterocycles. The molecule has 2 aliphatic rings. The lowest BCUT2D eigenvalue weighted by Gasteiger charge is -2.35. The highest BCUT2D eigenvalue weighted by Crippen LogP contribution is 2.48. The summed E-state index contributed by atoms with van der Waals surface area (Å²) in [4.78, 5) is 23.3. The quantitative estimate of drug-likeness (QED) is 0.869. The topological polar surface area (TPSA) is 72.8 Å². The summed E-state index contributed by atoms with van der Waals surface area (Å²) in [6.07, 6.45) is 5.46. The molecule has 5 heteroatoms. The number of carboxylic acids is 1. The first-order valence-corrected chi connectivity index (χ1v) is 7.81. The second-order valence-corrected chi connectivity index (χ2v) is 5.98. The lowest BCUT2D eigenvalue weighted by atomic mass is 9.69. The van der Waals surface area contributed by atoms with Crippen molar-refractivity contribution < 1.29 is 24.2 Å². The van der Waals surface area contributed by atoms with Crippen LogP contribution in [0.1, 0.15) is 54.4 Å². The Labute approximate surface area is 129 Å². The first-order chi connectivity index (χ1) is 10.7. The lowest BCUT2D eigenvalue weighted by molar-refractivity contribution is -0.145. The van der Waals surface area contributed by atoms with Gasteiger partial charge in [-0.3, -0.25) is 9.59 Å². The molecule has 0 radical (unpaired) electrons. The van der Waals surface area contributed by atoms with E-state index in [1.54, 1.807) is 12.1 Å². The Balaban J connectivity index is 2.17. The monoisotopic (exact) mass is 304 g/mol. The van der Waals surface area contributed by atoms with Crippen LogP contribution in [0.2, 0.25) is 0 Å². The Hall–Kier alpha value is -2.04. The SMILES string of the molecule is O=Cc1ccc(C2(C(=O)O)CCCCC2)c2c1OCCCO2. The molecule has 3 rings (SSSR count). The van der Waals surface area contributed by atoms with E-state index < -0.39 is 11.4 Å². The van der Waals surface area contributed by atoms with Crippen molar-refractivity contribution in [3.63, 3.8) is 0 Å². The number of carbonyl (C=O) groups is 2. The maximum Gasteiger partial charge on any atom is 0.314 e. The number of hydrogen-bond acceptors (Lipinski definition) is 4. The van der Waals surface area contributed by atoms with E-state index in [0.717, 1.165) is 25.5 Å². The number of hydrogen-bond donors (Lipinski definition) is 1. The van der Waals surface area contributed by atoms with Crippen molar-refractivity contribution in [2.24, 2.45) is 0 Å². The standard InChI is InChI=1S/C17H20O5/c18-11-12-5-6-13(15-14(12)21-9-4-10-22-15)17(16(19)20)7-2-1-3-8-17/h5-6,11H,1-4,7-10H2,(H,19,20). The number of fused-ring (bicyclic) bond motifs is 1. The van der Waals surface area contributed by atoms with Gasteiger partial charge in [0, 0.05) is 12.0 Å². The van der Waals surface area contributed by atoms with Crippen LogP contribution in [0.4, 0.5) is 0 Å². The molecule has 0 amide bonds. The molecule has 0 atom stereocenters. The molecule has 0 saturated heterocycles. The van der Waals surface area contributed by atoms with Crippen LogP contribution in [0.25, 0.3) is 0 Å². The van der Waals surface area contributed by atoms with Crippen molar-refractivity contribution in [2.45, 2.75) is 43.9 Å². The van der Waals surface area contributed by atoms with Crippen molar-refractivity contribution in [3.8, 4) is 11.5 Å². The van der Waals surface area contributed by atoms with Gasteiger partial charge in [0.1, 0.15) is 0 Å². The summed E-state index contributed by atoms with van der Waals surface area (Å²) in [6.45, 7) is 0.940. The predicted molar refractivity (Wildman–Crippen MR) is 79.8 cm³/mol. The summed E-state index contributed by atoms with van der Waals surface area (Å²) < 4.78 is 11.5. The number of aliphatic carboxylic acids is 1. The van der Waals surface area contributed by atoms with Gasteiger partial charge in [-0.15, -0.1) is 0 Å². The molecule has 1 aromatic rings. The van der Waals surface area contributed by atoms with Crippen molar-refractivity contribution in [1.82, 2.24) is 0 Å². The normalized spacial score (nSPS) is 20.0. The first-order valence-electron chi connectivity index (χ1n) is 7.81. The van der Waals surface area contributed by atoms with Crippen LogP contribution in [-0.4, -0.2) is 30.6 Å². The highest BCUT2D eigenvalue weighted by molar-refractivity contribution is 5.87. The van der Waals surface area contributed by atoms with E-state index in [4.69, 9.17) is 9.47 Å². The molecule has 1 aromatic carbocycles. The highest BCUT2D eigenvalue weighted by Gasteiger charge is 2.44. The van der Waals surface area contributed by atoms with Gasteiger partial charge < -0.3 is 14.6 Å². The molecule has 0 bridgehead atoms. The van der Waals surface area contributed by atoms with Gasteiger partial charge in [0.25, 0.3) is 0 Å². The Bertz CT molecular complexity index is 587. The minimum Gasteiger partial charge on any atom is -0.489 e. The molecular weight excluding hydrogens is 284 g/mol. The Kier molecular flexibility index (Phi) is 4.05. The third-order valence-corrected chi connectivity index (χ3v) is 4.68. The Morgan fingerprint density at radius 3 is 2.36 bits per heavy atom. The lowest BCUT2D eigenvalue weighted by Crippen LogP contribution is -2.38. The van der Waals surface area contributed by atoms with Crippen LogP contribution in [0.3, 0.4) is 0 Å². The molecular formula is C17H20O5. The van der Waals surface area contributed by atoms with E-state index in [9.17, 15) is 14.7 Å². The smallest absolute Gasteiger partial charge is 0.314 e. The summed E-state index contributed by atoms with van der Waals surface area (Å²) in [7, 11) is 0. The molecule has 1 fully saturated rings. The summed E-state index contributed by atoms with van der Waals surface area (Å²) in [5.74, 6) is 0.0312. The summed E-state index contributed by atoms with van der Waals surface area (Å²) in [5.41, 5.74) is 0.136. The third-order valence-electron chi connectivity index (χ3n) is 4.68. The van der Waals surface area contributed by atoms with Crippen LogP contribution in [0, 0.1) is 0 Å². The van der Waals surface area contributed by atoms with E-state index >= 15 is 0 Å². The second kappa shape index (κ2) is 5.99. The zero-order chi connectivity index (χ0) is 15.6. The Morgan fingerprint density at radius 1 is 1.05 bits per heavy atom. The minimum absolute atomic E-state index is 0.399. The number of carboxylic acid groups (broad SMARTS) is 1. The van der Waals surface area contributed by atoms with Crippen LogP contribution in [0.5, 0.6) is 11.5 Å². The number of ether oxygens (including phenoxy) is 2. The molecule has 1 N–H and O–H groups in total. The summed E-state index contributed by atoms with van der Waals surface area (Å²) in [6, 6.07) is 3.38. The molecule has 118 valence electrons. The van der Waals surface area contributed by atoms with Crippen molar-refractivity contribution >= 4 is 12.3 Å². The van der Waals surface area contributed by atoms with Gasteiger partial charge >= 0.3 is 5.97 Å². The number of aldehydes is 1. The van der Waals surface area contributed by atoms with E-state index in [1.807, 2.05) is 0 Å². The molecule has 0 aromatic heterocycles. The third kappa shape index (κ3) is 2.34. The molecule has 1 saturated carbocycles. The molecule has 22 heavy (non-hydrogen) atoms. The number of rotatable bonds is 3. The fraction of sp³-hybridized carbons (Fsp3) is 0.529. The van der Waals surface area contributed by atoms with Gasteiger partial charge in [0.2, 0.25) is 0 Å². The van der Waals surface area contributed by atoms with Gasteiger partial charge in [-0.1, -0.05) is 25.3 Å². The molecule has 1 aliphatic heterocycles. The number of benzene rings is 1. The van der Waals surface area contributed by atoms with Gasteiger partial charge in [-0.05, 0) is 18.9 Å². The van der Waals surface area contributed by atoms with E-state index in [1.165, 1.54) is 0 Å². The second-order valence-electron chi connectivity index (χ2n) is 5.98. The van der Waals surface area contributed by atoms with E-state index in [0.29, 0.717) is 55.1 Å². The van der Waals surface area contributed by atoms with Crippen molar-refractivity contribution in [3.05, 3.63) is 23.3 Å². The maximum atomic E-state index is 12.0. The summed E-state index contributed by atoms with van der Waals surface area (Å²) in [5, 5.41) is 9.87. The van der Waals surface area contributed by atoms with Crippen molar-refractivity contribution in [1.29, 1.82) is 0 Å². The number of carbonyl (C=O) groups excluding carboxylic acids is 1. The van der Waals surface area contributed by atoms with E-state index in [-0.39, 0.29) is 0 Å². The van der Waals surface area contributed by atoms with Gasteiger partial charge in [0.15, 0.2) is 17.8 Å². The highest BCUT2D eigenvalue weighted by atomic mass is 16.5. The maximum absolute atomic E-state index is 12.0. The average Bonchev–Trinajstić information content (AvgIpc) is 2.80. The van der Waals surface area contributed by atoms with Gasteiger partial charge in [-0.25, -0.2) is 0 Å². The molecule has 0 unspecified atom stereocenters. The predicted octanol–water partition coefficient (Wildman–Crippen LogP) is 2.95. The van der Waals surface area contributed by atoms with E-state index in [2.05, 4.69) is 0 Å². The largest absolute Gasteiger partial charge is 0.489 e. The fourth-order valence-electron chi connectivity index (χ4n) is 3.50. The van der Waals surface area contributed by atoms with Crippen molar-refractivity contribution in [2.75, 3.05) is 13.2 Å². The first kappa shape index (κ1) is 14.9. The van der Waals surface area contributed by atoms with Crippen LogP contribution in [0.15, 0.2) is 12.1 Å². The minimum atomic E-state index is -0.933. The zero-order valence-electron chi connectivity index (χ0n) is 12.5. The molecule has 5 nitrogen and oxygen atoms in total. The molecule has 1 aliphatic carbocycles. The van der Waals surface area contributed by atoms with Gasteiger partial charge in [0.05, 0.1) is 24.2 Å². The summed E-state index contributed by atoms with van der Waals surface area (Å²) >= 11 is 0. The van der Waals surface area contributed by atoms with Gasteiger partial charge in [-0.2, -0.15) is 0 Å².